The quantitative estimate of drug-likeness (QED) is 0.468. The highest BCUT2D eigenvalue weighted by Crippen LogP contribution is 1.98. The van der Waals surface area contributed by atoms with Crippen LogP contribution in [-0.2, 0) is 0 Å². The van der Waals surface area contributed by atoms with Crippen molar-refractivity contribution in [3.63, 3.8) is 0 Å². The van der Waals surface area contributed by atoms with Gasteiger partial charge in [0.05, 0.1) is 0 Å². The Bertz CT molecular complexity index is 20.9. The Morgan fingerprint density at radius 3 is 2.20 bits per heavy atom. The van der Waals surface area contributed by atoms with Gasteiger partial charge in [-0.3, -0.25) is 0 Å². The van der Waals surface area contributed by atoms with Gasteiger partial charge in [-0.25, -0.2) is 4.39 Å². The molecule has 0 amide bonds. The Morgan fingerprint density at radius 1 is 2.00 bits per heavy atom. The van der Waals surface area contributed by atoms with Crippen molar-refractivity contribution in [1.29, 1.82) is 0 Å². The summed E-state index contributed by atoms with van der Waals surface area (Å²) in [6.07, 6.45) is 0.503. The van der Waals surface area contributed by atoms with Crippen LogP contribution in [-0.4, -0.2) is 5.50 Å². The van der Waals surface area contributed by atoms with Crippen LogP contribution in [0.15, 0.2) is 0 Å². The molecule has 5 heavy (non-hydrogen) atoms. The van der Waals surface area contributed by atoms with Crippen LogP contribution < -0.4 is 0 Å². The molecule has 32 valence electrons. The molecule has 0 N–H and O–H groups in total. The van der Waals surface area contributed by atoms with E-state index in [-0.39, 0.29) is 0 Å². The van der Waals surface area contributed by atoms with E-state index in [4.69, 9.17) is 0 Å². The van der Waals surface area contributed by atoms with E-state index in [0.29, 0.717) is 6.42 Å². The van der Waals surface area contributed by atoms with E-state index in [1.54, 1.807) is 6.92 Å². The third-order valence-corrected chi connectivity index (χ3v) is 0.702. The number of rotatable bonds is 1. The van der Waals surface area contributed by atoms with E-state index >= 15 is 0 Å². The van der Waals surface area contributed by atoms with Crippen LogP contribution in [0.2, 0.25) is 0 Å². The van der Waals surface area contributed by atoms with E-state index in [1.165, 1.54) is 0 Å². The van der Waals surface area contributed by atoms with Crippen molar-refractivity contribution in [1.82, 2.24) is 0 Å². The maximum atomic E-state index is 11.3. The summed E-state index contributed by atoms with van der Waals surface area (Å²) >= 11 is 3.43. The average Bonchev–Trinajstić information content (AvgIpc) is 1.38. The lowest BCUT2D eigenvalue weighted by Gasteiger charge is -1.85. The highest BCUT2D eigenvalue weighted by atomic mass is 32.1. The number of alkyl halides is 1. The minimum absolute atomic E-state index is 0.503. The van der Waals surface area contributed by atoms with Gasteiger partial charge >= 0.3 is 0 Å². The zero-order valence-corrected chi connectivity index (χ0v) is 4.00. The molecule has 0 aromatic heterocycles. The minimum atomic E-state index is -0.921. The highest BCUT2D eigenvalue weighted by molar-refractivity contribution is 7.80. The molecule has 1 atom stereocenters. The van der Waals surface area contributed by atoms with Crippen molar-refractivity contribution in [2.24, 2.45) is 0 Å². The van der Waals surface area contributed by atoms with Gasteiger partial charge in [0, 0.05) is 0 Å². The van der Waals surface area contributed by atoms with E-state index in [9.17, 15) is 4.39 Å². The summed E-state index contributed by atoms with van der Waals surface area (Å²) in [6, 6.07) is 0. The summed E-state index contributed by atoms with van der Waals surface area (Å²) in [5.41, 5.74) is -0.921. The van der Waals surface area contributed by atoms with Gasteiger partial charge in [0.2, 0.25) is 0 Å². The Hall–Kier alpha value is 0.280. The summed E-state index contributed by atoms with van der Waals surface area (Å²) in [4.78, 5) is 0. The molecular weight excluding hydrogens is 86.1 g/mol. The zero-order valence-electron chi connectivity index (χ0n) is 3.11. The molecule has 0 aliphatic rings. The lowest BCUT2D eigenvalue weighted by atomic mass is 10.5. The molecule has 1 unspecified atom stereocenters. The summed E-state index contributed by atoms with van der Waals surface area (Å²) in [6.45, 7) is 1.75. The first-order chi connectivity index (χ1) is 2.27. The number of halogens is 1. The summed E-state index contributed by atoms with van der Waals surface area (Å²) in [5.74, 6) is 0. The summed E-state index contributed by atoms with van der Waals surface area (Å²) in [5, 5.41) is 0. The van der Waals surface area contributed by atoms with Gasteiger partial charge in [0.1, 0.15) is 5.50 Å². The monoisotopic (exact) mass is 93.0 g/mol. The first kappa shape index (κ1) is 5.28. The molecule has 0 nitrogen and oxygen atoms in total. The third-order valence-electron chi connectivity index (χ3n) is 0.337. The van der Waals surface area contributed by atoms with E-state index in [2.05, 4.69) is 12.6 Å². The molecule has 2 heteroatoms. The number of hydrogen-bond donors (Lipinski definition) is 1. The second-order valence-corrected chi connectivity index (χ2v) is 1.40. The van der Waals surface area contributed by atoms with Crippen LogP contribution in [0.25, 0.3) is 0 Å². The topological polar surface area (TPSA) is 0 Å². The van der Waals surface area contributed by atoms with Crippen LogP contribution in [0.5, 0.6) is 0 Å². The van der Waals surface area contributed by atoms with Gasteiger partial charge < -0.3 is 0 Å². The molecule has 0 saturated heterocycles. The summed E-state index contributed by atoms with van der Waals surface area (Å²) in [7, 11) is 0. The molecule has 0 radical (unpaired) electrons. The lowest BCUT2D eigenvalue weighted by Crippen LogP contribution is -1.78. The normalized spacial score (nSPS) is 15.0. The van der Waals surface area contributed by atoms with Gasteiger partial charge in [-0.1, -0.05) is 6.92 Å². The Kier molecular flexibility index (Phi) is 2.65. The maximum absolute atomic E-state index is 11.3. The molecule has 0 rings (SSSR count). The molecule has 0 fully saturated rings. The van der Waals surface area contributed by atoms with Crippen LogP contribution >= 0.6 is 12.6 Å². The van der Waals surface area contributed by atoms with Gasteiger partial charge in [-0.15, -0.1) is 12.6 Å². The standard InChI is InChI=1S/C3H7FS/c1-2-3(4)5/h3,5H,2H2,1H3/i4-1. The van der Waals surface area contributed by atoms with Crippen molar-refractivity contribution < 1.29 is 4.39 Å². The molecule has 0 aliphatic heterocycles. The smallest absolute Gasteiger partial charge is 0.142 e. The van der Waals surface area contributed by atoms with Crippen LogP contribution in [0.4, 0.5) is 4.39 Å². The van der Waals surface area contributed by atoms with Gasteiger partial charge in [-0.05, 0) is 6.42 Å². The Morgan fingerprint density at radius 2 is 2.20 bits per heavy atom. The maximum Gasteiger partial charge on any atom is 0.142 e. The average molecular weight is 93.2 g/mol. The van der Waals surface area contributed by atoms with Crippen molar-refractivity contribution in [2.45, 2.75) is 18.8 Å². The van der Waals surface area contributed by atoms with Gasteiger partial charge in [0.25, 0.3) is 0 Å². The molecule has 0 saturated carbocycles. The van der Waals surface area contributed by atoms with Gasteiger partial charge in [-0.2, -0.15) is 0 Å². The first-order valence-corrected chi connectivity index (χ1v) is 2.11. The van der Waals surface area contributed by atoms with Crippen LogP contribution in [0, 0.1) is 0 Å². The number of thiol groups is 1. The zero-order chi connectivity index (χ0) is 4.28. The molecule has 0 aromatic rings. The molecule has 0 spiro atoms. The van der Waals surface area contributed by atoms with Gasteiger partial charge in [0.15, 0.2) is 0 Å². The fourth-order valence-electron chi connectivity index (χ4n) is 0. The Labute approximate surface area is 36.8 Å². The summed E-state index contributed by atoms with van der Waals surface area (Å²) < 4.78 is 11.3. The fourth-order valence-corrected chi connectivity index (χ4v) is 0. The Balaban J connectivity index is 2.54. The minimum Gasteiger partial charge on any atom is -0.236 e. The highest BCUT2D eigenvalue weighted by Gasteiger charge is 1.86. The number of hydrogen-bond acceptors (Lipinski definition) is 1. The second kappa shape index (κ2) is 2.51. The van der Waals surface area contributed by atoms with E-state index < -0.39 is 5.50 Å². The van der Waals surface area contributed by atoms with Crippen LogP contribution in [0.3, 0.4) is 0 Å². The SMILES string of the molecule is CCC([18F])S. The fraction of sp³-hybridized carbons (Fsp3) is 1.00. The van der Waals surface area contributed by atoms with E-state index in [1.807, 2.05) is 0 Å². The van der Waals surface area contributed by atoms with Crippen molar-refractivity contribution in [3.05, 3.63) is 0 Å². The van der Waals surface area contributed by atoms with Crippen molar-refractivity contribution >= 4 is 12.6 Å². The largest absolute Gasteiger partial charge is 0.236 e. The predicted octanol–water partition coefficient (Wildman–Crippen LogP) is 1.62. The lowest BCUT2D eigenvalue weighted by molar-refractivity contribution is 0.446. The first-order valence-electron chi connectivity index (χ1n) is 1.59. The van der Waals surface area contributed by atoms with Crippen molar-refractivity contribution in [3.8, 4) is 0 Å². The molecule has 0 heterocycles. The molecule has 0 aromatic carbocycles. The third kappa shape index (κ3) is 4.28. The van der Waals surface area contributed by atoms with Crippen molar-refractivity contribution in [2.75, 3.05) is 0 Å². The molecule has 0 bridgehead atoms. The predicted molar refractivity (Wildman–Crippen MR) is 24.2 cm³/mol. The second-order valence-electron chi connectivity index (χ2n) is 0.843. The van der Waals surface area contributed by atoms with E-state index in [0.717, 1.165) is 0 Å². The molecule has 0 aliphatic carbocycles. The van der Waals surface area contributed by atoms with Crippen LogP contribution in [0.1, 0.15) is 13.3 Å². The molecular formula is C3H7FS.